The molecule has 2 aromatic rings. The van der Waals surface area contributed by atoms with Gasteiger partial charge in [-0.1, -0.05) is 6.07 Å². The fourth-order valence-corrected chi connectivity index (χ4v) is 3.54. The highest BCUT2D eigenvalue weighted by molar-refractivity contribution is 6.04. The number of carbonyl (C=O) groups is 2. The summed E-state index contributed by atoms with van der Waals surface area (Å²) in [5.41, 5.74) is 6.62. The van der Waals surface area contributed by atoms with E-state index in [0.717, 1.165) is 30.2 Å². The molecule has 1 aromatic carbocycles. The van der Waals surface area contributed by atoms with Crippen molar-refractivity contribution in [2.24, 2.45) is 5.73 Å². The standard InChI is InChI=1S/C20H21F3N4O2/c1-12-2-3-13(6-17(12)14-4-5-27(10-14)11-18(24)28)19(29)26-16-7-15(8-25-9-16)20(21,22)23/h2-3,6-9,14H,4-5,10-11H2,1H3,(H2,24,28)(H,26,29)/t14-/m1/s1. The third-order valence-corrected chi connectivity index (χ3v) is 4.96. The molecule has 9 heteroatoms. The average Bonchev–Trinajstić information content (AvgIpc) is 3.09. The van der Waals surface area contributed by atoms with Gasteiger partial charge in [0.2, 0.25) is 5.91 Å². The minimum atomic E-state index is -4.54. The minimum Gasteiger partial charge on any atom is -0.369 e. The lowest BCUT2D eigenvalue weighted by molar-refractivity contribution is -0.137. The highest BCUT2D eigenvalue weighted by Crippen LogP contribution is 2.31. The highest BCUT2D eigenvalue weighted by atomic mass is 19.4. The van der Waals surface area contributed by atoms with Gasteiger partial charge in [0.1, 0.15) is 0 Å². The van der Waals surface area contributed by atoms with E-state index in [1.165, 1.54) is 6.20 Å². The maximum Gasteiger partial charge on any atom is 0.417 e. The molecule has 0 radical (unpaired) electrons. The third-order valence-electron chi connectivity index (χ3n) is 4.96. The molecule has 1 atom stereocenters. The summed E-state index contributed by atoms with van der Waals surface area (Å²) in [7, 11) is 0. The number of nitrogens with two attached hydrogens (primary N) is 1. The van der Waals surface area contributed by atoms with Crippen LogP contribution in [-0.4, -0.2) is 41.3 Å². The molecule has 2 amide bonds. The Bertz CT molecular complexity index is 930. The molecule has 0 unspecified atom stereocenters. The van der Waals surface area contributed by atoms with Crippen molar-refractivity contribution < 1.29 is 22.8 Å². The maximum atomic E-state index is 12.8. The molecule has 1 aliphatic heterocycles. The first kappa shape index (κ1) is 20.8. The molecule has 1 aliphatic rings. The zero-order chi connectivity index (χ0) is 21.2. The summed E-state index contributed by atoms with van der Waals surface area (Å²) in [6, 6.07) is 6.04. The van der Waals surface area contributed by atoms with E-state index in [2.05, 4.69) is 10.3 Å². The summed E-state index contributed by atoms with van der Waals surface area (Å²) in [4.78, 5) is 29.2. The number of anilines is 1. The Morgan fingerprint density at radius 2 is 2.03 bits per heavy atom. The fourth-order valence-electron chi connectivity index (χ4n) is 3.54. The van der Waals surface area contributed by atoms with E-state index in [4.69, 9.17) is 5.73 Å². The predicted octanol–water partition coefficient (Wildman–Crippen LogP) is 2.94. The third kappa shape index (κ3) is 5.11. The first-order valence-corrected chi connectivity index (χ1v) is 9.08. The molecule has 0 aliphatic carbocycles. The molecular weight excluding hydrogens is 385 g/mol. The number of carbonyl (C=O) groups excluding carboxylic acids is 2. The Balaban J connectivity index is 1.76. The number of alkyl halides is 3. The topological polar surface area (TPSA) is 88.3 Å². The number of likely N-dealkylation sites (tertiary alicyclic amines) is 1. The molecule has 0 saturated carbocycles. The number of hydrogen-bond acceptors (Lipinski definition) is 4. The van der Waals surface area contributed by atoms with Crippen molar-refractivity contribution in [3.63, 3.8) is 0 Å². The second kappa shape index (κ2) is 8.20. The van der Waals surface area contributed by atoms with Gasteiger partial charge in [-0.05, 0) is 55.1 Å². The molecule has 0 bridgehead atoms. The van der Waals surface area contributed by atoms with Gasteiger partial charge in [-0.2, -0.15) is 13.2 Å². The van der Waals surface area contributed by atoms with Crippen molar-refractivity contribution in [3.05, 3.63) is 58.9 Å². The van der Waals surface area contributed by atoms with Gasteiger partial charge >= 0.3 is 6.18 Å². The molecular formula is C20H21F3N4O2. The number of amides is 2. The van der Waals surface area contributed by atoms with Gasteiger partial charge < -0.3 is 11.1 Å². The van der Waals surface area contributed by atoms with Gasteiger partial charge in [0, 0.05) is 18.3 Å². The minimum absolute atomic E-state index is 0.0274. The summed E-state index contributed by atoms with van der Waals surface area (Å²) in [5.74, 6) is -0.748. The zero-order valence-electron chi connectivity index (χ0n) is 15.8. The Labute approximate surface area is 165 Å². The summed E-state index contributed by atoms with van der Waals surface area (Å²) >= 11 is 0. The molecule has 3 N–H and O–H groups in total. The monoisotopic (exact) mass is 406 g/mol. The van der Waals surface area contributed by atoms with Crippen LogP contribution in [-0.2, 0) is 11.0 Å². The molecule has 1 saturated heterocycles. The lowest BCUT2D eigenvalue weighted by Gasteiger charge is -2.17. The van der Waals surface area contributed by atoms with Gasteiger partial charge in [0.25, 0.3) is 5.91 Å². The van der Waals surface area contributed by atoms with Crippen LogP contribution in [0, 0.1) is 6.92 Å². The molecule has 154 valence electrons. The molecule has 1 fully saturated rings. The number of benzene rings is 1. The van der Waals surface area contributed by atoms with Gasteiger partial charge in [-0.25, -0.2) is 0 Å². The van der Waals surface area contributed by atoms with Gasteiger partial charge in [0.05, 0.1) is 24.0 Å². The zero-order valence-corrected chi connectivity index (χ0v) is 15.8. The Morgan fingerprint density at radius 1 is 1.28 bits per heavy atom. The van der Waals surface area contributed by atoms with Crippen molar-refractivity contribution in [1.29, 1.82) is 0 Å². The van der Waals surface area contributed by atoms with Crippen molar-refractivity contribution >= 4 is 17.5 Å². The van der Waals surface area contributed by atoms with E-state index in [1.54, 1.807) is 12.1 Å². The Hall–Kier alpha value is -2.94. The smallest absolute Gasteiger partial charge is 0.369 e. The Kier molecular flexibility index (Phi) is 5.88. The number of primary amides is 1. The van der Waals surface area contributed by atoms with Crippen LogP contribution in [0.3, 0.4) is 0 Å². The van der Waals surface area contributed by atoms with Crippen molar-refractivity contribution in [2.45, 2.75) is 25.4 Å². The maximum absolute atomic E-state index is 12.8. The van der Waals surface area contributed by atoms with Crippen molar-refractivity contribution in [3.8, 4) is 0 Å². The van der Waals surface area contributed by atoms with Crippen LogP contribution in [0.5, 0.6) is 0 Å². The van der Waals surface area contributed by atoms with Crippen LogP contribution in [0.4, 0.5) is 18.9 Å². The second-order valence-corrected chi connectivity index (χ2v) is 7.17. The van der Waals surface area contributed by atoms with Crippen molar-refractivity contribution in [1.82, 2.24) is 9.88 Å². The van der Waals surface area contributed by atoms with E-state index >= 15 is 0 Å². The summed E-state index contributed by atoms with van der Waals surface area (Å²) < 4.78 is 38.5. The average molecular weight is 406 g/mol. The van der Waals surface area contributed by atoms with E-state index in [0.29, 0.717) is 18.3 Å². The van der Waals surface area contributed by atoms with E-state index in [9.17, 15) is 22.8 Å². The number of nitrogens with zero attached hydrogens (tertiary/aromatic N) is 2. The molecule has 6 nitrogen and oxygen atoms in total. The lowest BCUT2D eigenvalue weighted by Crippen LogP contribution is -2.31. The fraction of sp³-hybridized carbons (Fsp3) is 0.350. The first-order valence-electron chi connectivity index (χ1n) is 9.08. The molecule has 2 heterocycles. The normalized spacial score (nSPS) is 17.3. The van der Waals surface area contributed by atoms with Gasteiger partial charge in [0.15, 0.2) is 0 Å². The number of pyridine rings is 1. The largest absolute Gasteiger partial charge is 0.417 e. The first-order chi connectivity index (χ1) is 13.6. The van der Waals surface area contributed by atoms with Crippen LogP contribution >= 0.6 is 0 Å². The summed E-state index contributed by atoms with van der Waals surface area (Å²) in [5, 5.41) is 2.47. The van der Waals surface area contributed by atoms with Crippen LogP contribution in [0.2, 0.25) is 0 Å². The molecule has 29 heavy (non-hydrogen) atoms. The van der Waals surface area contributed by atoms with Crippen LogP contribution < -0.4 is 11.1 Å². The summed E-state index contributed by atoms with van der Waals surface area (Å²) in [6.45, 7) is 3.52. The SMILES string of the molecule is Cc1ccc(C(=O)Nc2cncc(C(F)(F)F)c2)cc1[C@@H]1CCN(CC(N)=O)C1. The number of nitrogens with one attached hydrogen (secondary N) is 1. The van der Waals surface area contributed by atoms with Gasteiger partial charge in [-0.3, -0.25) is 19.5 Å². The van der Waals surface area contributed by atoms with Crippen LogP contribution in [0.1, 0.15) is 39.4 Å². The van der Waals surface area contributed by atoms with Crippen LogP contribution in [0.15, 0.2) is 36.7 Å². The highest BCUT2D eigenvalue weighted by Gasteiger charge is 2.31. The molecule has 1 aromatic heterocycles. The number of aryl methyl sites for hydroxylation is 1. The summed E-state index contributed by atoms with van der Waals surface area (Å²) in [6.07, 6.45) is -1.83. The molecule has 3 rings (SSSR count). The lowest BCUT2D eigenvalue weighted by atomic mass is 9.92. The number of aromatic nitrogens is 1. The van der Waals surface area contributed by atoms with Crippen molar-refractivity contribution in [2.75, 3.05) is 25.0 Å². The number of rotatable bonds is 5. The van der Waals surface area contributed by atoms with Gasteiger partial charge in [-0.15, -0.1) is 0 Å². The predicted molar refractivity (Wildman–Crippen MR) is 101 cm³/mol. The molecule has 0 spiro atoms. The second-order valence-electron chi connectivity index (χ2n) is 7.17. The number of halogens is 3. The Morgan fingerprint density at radius 3 is 2.72 bits per heavy atom. The quantitative estimate of drug-likeness (QED) is 0.799. The van der Waals surface area contributed by atoms with E-state index in [-0.39, 0.29) is 24.1 Å². The van der Waals surface area contributed by atoms with Crippen LogP contribution in [0.25, 0.3) is 0 Å². The van der Waals surface area contributed by atoms with E-state index in [1.807, 2.05) is 17.9 Å². The van der Waals surface area contributed by atoms with E-state index < -0.39 is 17.6 Å². The number of hydrogen-bond donors (Lipinski definition) is 2.